The van der Waals surface area contributed by atoms with E-state index in [2.05, 4.69) is 5.18 Å². The first-order chi connectivity index (χ1) is 5.24. The van der Waals surface area contributed by atoms with Crippen molar-refractivity contribution in [2.24, 2.45) is 5.18 Å². The quantitative estimate of drug-likeness (QED) is 0.361. The average molecular weight is 150 g/mol. The van der Waals surface area contributed by atoms with Crippen LogP contribution in [0.25, 0.3) is 0 Å². The molecule has 4 nitrogen and oxygen atoms in total. The predicted molar refractivity (Wildman–Crippen MR) is 40.7 cm³/mol. The molecule has 0 aliphatic heterocycles. The maximum absolute atomic E-state index is 9.85. The second-order valence-electron chi connectivity index (χ2n) is 1.99. The topological polar surface area (TPSA) is 73.5 Å². The zero-order valence-corrected chi connectivity index (χ0v) is 5.61. The van der Waals surface area contributed by atoms with Crippen molar-refractivity contribution < 1.29 is 5.11 Å². The predicted octanol–water partition coefficient (Wildman–Crippen LogP) is 1.48. The van der Waals surface area contributed by atoms with Gasteiger partial charge in [-0.15, -0.1) is 4.91 Å². The Labute approximate surface area is 63.0 Å². The molecule has 0 radical (unpaired) electrons. The molecule has 1 aromatic rings. The number of amidine groups is 1. The van der Waals surface area contributed by atoms with Crippen LogP contribution in [0.4, 0.5) is 0 Å². The summed E-state index contributed by atoms with van der Waals surface area (Å²) in [7, 11) is 0. The van der Waals surface area contributed by atoms with Crippen molar-refractivity contribution >= 4 is 5.84 Å². The van der Waals surface area contributed by atoms with Crippen molar-refractivity contribution in [1.29, 1.82) is 5.41 Å². The first kappa shape index (κ1) is 7.40. The van der Waals surface area contributed by atoms with Crippen LogP contribution < -0.4 is 0 Å². The molecular formula is C7H6N2O2. The Morgan fingerprint density at radius 3 is 2.36 bits per heavy atom. The molecule has 2 N–H and O–H groups in total. The van der Waals surface area contributed by atoms with Gasteiger partial charge in [-0.25, -0.2) is 0 Å². The number of nitrogens with one attached hydrogen (secondary N) is 1. The fourth-order valence-electron chi connectivity index (χ4n) is 0.672. The third kappa shape index (κ3) is 1.61. The van der Waals surface area contributed by atoms with Gasteiger partial charge in [0.05, 0.1) is 0 Å². The van der Waals surface area contributed by atoms with Crippen LogP contribution in [0.1, 0.15) is 5.56 Å². The van der Waals surface area contributed by atoms with E-state index in [4.69, 9.17) is 10.5 Å². The summed E-state index contributed by atoms with van der Waals surface area (Å²) in [5.41, 5.74) is 0.401. The summed E-state index contributed by atoms with van der Waals surface area (Å²) < 4.78 is 0. The molecule has 1 aromatic carbocycles. The molecule has 0 spiro atoms. The second kappa shape index (κ2) is 2.92. The monoisotopic (exact) mass is 150 g/mol. The number of hydrogen-bond donors (Lipinski definition) is 2. The highest BCUT2D eigenvalue weighted by molar-refractivity contribution is 5.96. The van der Waals surface area contributed by atoms with Gasteiger partial charge in [0.25, 0.3) is 0 Å². The fraction of sp³-hybridized carbons (Fsp3) is 0. The molecule has 0 aliphatic carbocycles. The van der Waals surface area contributed by atoms with Crippen LogP contribution in [-0.2, 0) is 0 Å². The summed E-state index contributed by atoms with van der Waals surface area (Å²) in [6, 6.07) is 5.71. The van der Waals surface area contributed by atoms with Gasteiger partial charge in [0.1, 0.15) is 5.75 Å². The van der Waals surface area contributed by atoms with Crippen LogP contribution in [0, 0.1) is 10.3 Å². The molecule has 0 aliphatic rings. The number of phenolic OH excluding ortho intramolecular Hbond substituents is 1. The molecule has 11 heavy (non-hydrogen) atoms. The van der Waals surface area contributed by atoms with Crippen molar-refractivity contribution in [3.05, 3.63) is 34.7 Å². The van der Waals surface area contributed by atoms with Crippen LogP contribution >= 0.6 is 0 Å². The highest BCUT2D eigenvalue weighted by atomic mass is 16.3. The molecular weight excluding hydrogens is 144 g/mol. The summed E-state index contributed by atoms with van der Waals surface area (Å²) in [4.78, 5) is 9.85. The maximum atomic E-state index is 9.85. The van der Waals surface area contributed by atoms with Gasteiger partial charge >= 0.3 is 0 Å². The number of aromatic hydroxyl groups is 1. The highest BCUT2D eigenvalue weighted by Gasteiger charge is 1.98. The van der Waals surface area contributed by atoms with Crippen molar-refractivity contribution in [3.63, 3.8) is 0 Å². The molecule has 4 heteroatoms. The molecule has 0 bridgehead atoms. The van der Waals surface area contributed by atoms with Crippen molar-refractivity contribution in [3.8, 4) is 5.75 Å². The summed E-state index contributed by atoms with van der Waals surface area (Å²) in [5, 5.41) is 18.3. The first-order valence-corrected chi connectivity index (χ1v) is 2.95. The van der Waals surface area contributed by atoms with Gasteiger partial charge < -0.3 is 5.11 Å². The van der Waals surface area contributed by atoms with Crippen LogP contribution in [0.15, 0.2) is 29.4 Å². The molecule has 0 amide bonds. The van der Waals surface area contributed by atoms with E-state index < -0.39 is 0 Å². The third-order valence-corrected chi connectivity index (χ3v) is 1.23. The smallest absolute Gasteiger partial charge is 0.196 e. The number of nitroso groups, excluding NO2 is 1. The van der Waals surface area contributed by atoms with Crippen molar-refractivity contribution in [2.75, 3.05) is 0 Å². The van der Waals surface area contributed by atoms with Crippen LogP contribution in [0.3, 0.4) is 0 Å². The number of hydrogen-bond acceptors (Lipinski definition) is 3. The Morgan fingerprint density at radius 2 is 1.91 bits per heavy atom. The van der Waals surface area contributed by atoms with E-state index in [9.17, 15) is 4.91 Å². The van der Waals surface area contributed by atoms with Crippen molar-refractivity contribution in [2.45, 2.75) is 0 Å². The largest absolute Gasteiger partial charge is 0.508 e. The number of rotatable bonds is 1. The Hall–Kier alpha value is -1.71. The average Bonchev–Trinajstić information content (AvgIpc) is 2.05. The third-order valence-electron chi connectivity index (χ3n) is 1.23. The lowest BCUT2D eigenvalue weighted by Gasteiger charge is -1.93. The van der Waals surface area contributed by atoms with E-state index in [1.165, 1.54) is 24.3 Å². The summed E-state index contributed by atoms with van der Waals surface area (Å²) in [6.07, 6.45) is 0. The van der Waals surface area contributed by atoms with Gasteiger partial charge in [-0.05, 0) is 29.4 Å². The molecule has 56 valence electrons. The molecule has 0 saturated heterocycles. The Morgan fingerprint density at radius 1 is 1.36 bits per heavy atom. The van der Waals surface area contributed by atoms with Gasteiger partial charge in [-0.3, -0.25) is 5.41 Å². The minimum atomic E-state index is -0.329. The van der Waals surface area contributed by atoms with E-state index in [-0.39, 0.29) is 11.6 Å². The summed E-state index contributed by atoms with van der Waals surface area (Å²) in [6.45, 7) is 0. The summed E-state index contributed by atoms with van der Waals surface area (Å²) in [5.74, 6) is -0.225. The molecule has 0 saturated carbocycles. The molecule has 0 unspecified atom stereocenters. The normalized spacial score (nSPS) is 9.09. The number of benzene rings is 1. The van der Waals surface area contributed by atoms with Gasteiger partial charge in [-0.1, -0.05) is 0 Å². The van der Waals surface area contributed by atoms with Gasteiger partial charge in [0.2, 0.25) is 0 Å². The van der Waals surface area contributed by atoms with Crippen LogP contribution in [-0.4, -0.2) is 10.9 Å². The van der Waals surface area contributed by atoms with E-state index >= 15 is 0 Å². The fourth-order valence-corrected chi connectivity index (χ4v) is 0.672. The molecule has 0 atom stereocenters. The van der Waals surface area contributed by atoms with Gasteiger partial charge in [-0.2, -0.15) is 0 Å². The van der Waals surface area contributed by atoms with E-state index in [1.54, 1.807) is 0 Å². The van der Waals surface area contributed by atoms with Gasteiger partial charge in [0.15, 0.2) is 5.84 Å². The van der Waals surface area contributed by atoms with Crippen LogP contribution in [0.2, 0.25) is 0 Å². The maximum Gasteiger partial charge on any atom is 0.196 e. The number of nitrogens with zero attached hydrogens (tertiary/aromatic N) is 1. The Kier molecular flexibility index (Phi) is 1.96. The number of phenols is 1. The standard InChI is InChI=1S/C7H6N2O2/c8-7(9-11)5-1-3-6(10)4-2-5/h1-4,8,10H. The second-order valence-corrected chi connectivity index (χ2v) is 1.99. The molecule has 0 fully saturated rings. The minimum absolute atomic E-state index is 0.104. The minimum Gasteiger partial charge on any atom is -0.508 e. The van der Waals surface area contributed by atoms with E-state index in [0.29, 0.717) is 5.56 Å². The first-order valence-electron chi connectivity index (χ1n) is 2.95. The van der Waals surface area contributed by atoms with Crippen LogP contribution in [0.5, 0.6) is 5.75 Å². The van der Waals surface area contributed by atoms with Crippen molar-refractivity contribution in [1.82, 2.24) is 0 Å². The lowest BCUT2D eigenvalue weighted by atomic mass is 10.2. The van der Waals surface area contributed by atoms with Gasteiger partial charge in [0, 0.05) is 5.56 Å². The van der Waals surface area contributed by atoms with E-state index in [0.717, 1.165) is 0 Å². The molecule has 1 rings (SSSR count). The highest BCUT2D eigenvalue weighted by Crippen LogP contribution is 2.09. The molecule has 0 heterocycles. The summed E-state index contributed by atoms with van der Waals surface area (Å²) >= 11 is 0. The van der Waals surface area contributed by atoms with E-state index in [1.807, 2.05) is 0 Å². The SMILES string of the molecule is N=C(N=O)c1ccc(O)cc1. The Bertz CT molecular complexity index is 279. The lowest BCUT2D eigenvalue weighted by molar-refractivity contribution is 0.475. The molecule has 0 aromatic heterocycles. The zero-order valence-electron chi connectivity index (χ0n) is 5.61. The lowest BCUT2D eigenvalue weighted by Crippen LogP contribution is -1.91. The zero-order chi connectivity index (χ0) is 8.27. The Balaban J connectivity index is 2.98.